The van der Waals surface area contributed by atoms with E-state index in [1.165, 1.54) is 32.4 Å². The number of anilines is 2. The van der Waals surface area contributed by atoms with E-state index in [-0.39, 0.29) is 11.4 Å². The molecule has 152 valence electrons. The van der Waals surface area contributed by atoms with Gasteiger partial charge < -0.3 is 15.0 Å². The van der Waals surface area contributed by atoms with Gasteiger partial charge in [0.1, 0.15) is 16.5 Å². The quantitative estimate of drug-likeness (QED) is 0.650. The maximum Gasteiger partial charge on any atom is 0.244 e. The van der Waals surface area contributed by atoms with E-state index in [2.05, 4.69) is 24.9 Å². The van der Waals surface area contributed by atoms with Crippen molar-refractivity contribution in [1.82, 2.24) is 14.7 Å². The van der Waals surface area contributed by atoms with Gasteiger partial charge in [-0.2, -0.15) is 4.98 Å². The summed E-state index contributed by atoms with van der Waals surface area (Å²) in [5.41, 5.74) is 0.882. The summed E-state index contributed by atoms with van der Waals surface area (Å²) in [6.45, 7) is 4.53. The molecule has 0 unspecified atom stereocenters. The smallest absolute Gasteiger partial charge is 0.244 e. The van der Waals surface area contributed by atoms with Crippen LogP contribution in [0.1, 0.15) is 25.0 Å². The third-order valence-corrected chi connectivity index (χ3v) is 6.08. The van der Waals surface area contributed by atoms with Crippen LogP contribution in [0, 0.1) is 6.92 Å². The standard InChI is InChI=1S/C19H27N5O3S/c1-15-14-18(24-12-6-3-7-13-24)23-19(22-15)20-10-11-21-28(25,26)17-9-5-4-8-16(17)27-2/h4-5,8-9,14,21H,3,6-7,10-13H2,1-2H3,(H,20,22,23). The fourth-order valence-corrected chi connectivity index (χ4v) is 4.39. The molecule has 1 saturated heterocycles. The first-order chi connectivity index (χ1) is 13.5. The zero-order chi connectivity index (χ0) is 20.0. The van der Waals surface area contributed by atoms with Crippen molar-refractivity contribution in [3.8, 4) is 5.75 Å². The van der Waals surface area contributed by atoms with Crippen LogP contribution in [0.3, 0.4) is 0 Å². The highest BCUT2D eigenvalue weighted by Crippen LogP contribution is 2.22. The largest absolute Gasteiger partial charge is 0.495 e. The van der Waals surface area contributed by atoms with Gasteiger partial charge >= 0.3 is 0 Å². The minimum absolute atomic E-state index is 0.122. The number of rotatable bonds is 8. The topological polar surface area (TPSA) is 96.5 Å². The van der Waals surface area contributed by atoms with E-state index >= 15 is 0 Å². The predicted molar refractivity (Wildman–Crippen MR) is 110 cm³/mol. The van der Waals surface area contributed by atoms with E-state index in [0.29, 0.717) is 18.2 Å². The Hall–Kier alpha value is -2.39. The van der Waals surface area contributed by atoms with Gasteiger partial charge in [-0.1, -0.05) is 12.1 Å². The third-order valence-electron chi connectivity index (χ3n) is 4.58. The van der Waals surface area contributed by atoms with E-state index in [4.69, 9.17) is 4.74 Å². The first-order valence-corrected chi connectivity index (χ1v) is 10.9. The van der Waals surface area contributed by atoms with E-state index in [1.54, 1.807) is 18.2 Å². The number of ether oxygens (including phenoxy) is 1. The van der Waals surface area contributed by atoms with Crippen molar-refractivity contribution in [2.75, 3.05) is 43.5 Å². The van der Waals surface area contributed by atoms with Crippen LogP contribution in [0.4, 0.5) is 11.8 Å². The minimum Gasteiger partial charge on any atom is -0.495 e. The predicted octanol–water partition coefficient (Wildman–Crippen LogP) is 2.17. The Kier molecular flexibility index (Phi) is 6.69. The lowest BCUT2D eigenvalue weighted by Crippen LogP contribution is -2.31. The summed E-state index contributed by atoms with van der Waals surface area (Å²) in [5.74, 6) is 1.75. The Morgan fingerprint density at radius 1 is 1.11 bits per heavy atom. The Bertz CT molecular complexity index is 898. The van der Waals surface area contributed by atoms with Crippen LogP contribution in [0.25, 0.3) is 0 Å². The lowest BCUT2D eigenvalue weighted by atomic mass is 10.1. The van der Waals surface area contributed by atoms with Crippen molar-refractivity contribution in [3.05, 3.63) is 36.0 Å². The minimum atomic E-state index is -3.65. The summed E-state index contributed by atoms with van der Waals surface area (Å²) >= 11 is 0. The molecule has 0 saturated carbocycles. The number of nitrogens with zero attached hydrogens (tertiary/aromatic N) is 3. The molecule has 1 aromatic heterocycles. The second kappa shape index (κ2) is 9.20. The molecule has 2 aromatic rings. The van der Waals surface area contributed by atoms with Gasteiger partial charge in [0, 0.05) is 37.9 Å². The number of methoxy groups -OCH3 is 1. The number of hydrogen-bond acceptors (Lipinski definition) is 7. The molecule has 0 atom stereocenters. The van der Waals surface area contributed by atoms with Gasteiger partial charge in [0.25, 0.3) is 0 Å². The molecule has 2 heterocycles. The van der Waals surface area contributed by atoms with E-state index in [9.17, 15) is 8.42 Å². The molecule has 1 aliphatic rings. The van der Waals surface area contributed by atoms with Crippen molar-refractivity contribution >= 4 is 21.8 Å². The van der Waals surface area contributed by atoms with Crippen molar-refractivity contribution < 1.29 is 13.2 Å². The molecule has 1 aromatic carbocycles. The van der Waals surface area contributed by atoms with Crippen LogP contribution < -0.4 is 19.7 Å². The Labute approximate surface area is 166 Å². The van der Waals surface area contributed by atoms with Gasteiger partial charge in [-0.05, 0) is 38.3 Å². The lowest BCUT2D eigenvalue weighted by Gasteiger charge is -2.28. The second-order valence-electron chi connectivity index (χ2n) is 6.71. The Morgan fingerprint density at radius 2 is 1.86 bits per heavy atom. The molecule has 28 heavy (non-hydrogen) atoms. The summed E-state index contributed by atoms with van der Waals surface area (Å²) in [7, 11) is -2.21. The van der Waals surface area contributed by atoms with Gasteiger partial charge in [-0.25, -0.2) is 18.1 Å². The fourth-order valence-electron chi connectivity index (χ4n) is 3.19. The summed E-state index contributed by atoms with van der Waals surface area (Å²) in [4.78, 5) is 11.4. The van der Waals surface area contributed by atoms with Gasteiger partial charge in [0.05, 0.1) is 7.11 Å². The molecule has 2 N–H and O–H groups in total. The number of benzene rings is 1. The highest BCUT2D eigenvalue weighted by atomic mass is 32.2. The van der Waals surface area contributed by atoms with E-state index < -0.39 is 10.0 Å². The van der Waals surface area contributed by atoms with Gasteiger partial charge in [0.2, 0.25) is 16.0 Å². The maximum absolute atomic E-state index is 12.5. The van der Waals surface area contributed by atoms with Crippen LogP contribution in [0.5, 0.6) is 5.75 Å². The molecule has 0 radical (unpaired) electrons. The molecule has 1 fully saturated rings. The number of piperidine rings is 1. The van der Waals surface area contributed by atoms with Crippen LogP contribution in [0.2, 0.25) is 0 Å². The Morgan fingerprint density at radius 3 is 2.61 bits per heavy atom. The van der Waals surface area contributed by atoms with Crippen molar-refractivity contribution in [1.29, 1.82) is 0 Å². The molecule has 8 nitrogen and oxygen atoms in total. The molecular weight excluding hydrogens is 378 g/mol. The molecule has 0 spiro atoms. The first-order valence-electron chi connectivity index (χ1n) is 9.47. The van der Waals surface area contributed by atoms with Gasteiger partial charge in [-0.15, -0.1) is 0 Å². The number of hydrogen-bond donors (Lipinski definition) is 2. The fraction of sp³-hybridized carbons (Fsp3) is 0.474. The summed E-state index contributed by atoms with van der Waals surface area (Å²) < 4.78 is 32.7. The van der Waals surface area contributed by atoms with Crippen molar-refractivity contribution in [2.45, 2.75) is 31.1 Å². The monoisotopic (exact) mass is 405 g/mol. The van der Waals surface area contributed by atoms with Gasteiger partial charge in [0.15, 0.2) is 0 Å². The van der Waals surface area contributed by atoms with Crippen molar-refractivity contribution in [2.24, 2.45) is 0 Å². The van der Waals surface area contributed by atoms with E-state index in [0.717, 1.165) is 24.6 Å². The highest BCUT2D eigenvalue weighted by Gasteiger charge is 2.18. The zero-order valence-corrected chi connectivity index (χ0v) is 17.1. The average molecular weight is 406 g/mol. The summed E-state index contributed by atoms with van der Waals surface area (Å²) in [5, 5.41) is 3.11. The van der Waals surface area contributed by atoms with Gasteiger partial charge in [-0.3, -0.25) is 0 Å². The SMILES string of the molecule is COc1ccccc1S(=O)(=O)NCCNc1nc(C)cc(N2CCCCC2)n1. The summed E-state index contributed by atoms with van der Waals surface area (Å²) in [6.07, 6.45) is 3.62. The zero-order valence-electron chi connectivity index (χ0n) is 16.3. The normalized spacial score (nSPS) is 14.7. The number of nitrogens with one attached hydrogen (secondary N) is 2. The summed E-state index contributed by atoms with van der Waals surface area (Å²) in [6, 6.07) is 8.52. The van der Waals surface area contributed by atoms with E-state index in [1.807, 2.05) is 13.0 Å². The van der Waals surface area contributed by atoms with Crippen LogP contribution in [0.15, 0.2) is 35.2 Å². The molecule has 3 rings (SSSR count). The maximum atomic E-state index is 12.5. The number of aromatic nitrogens is 2. The number of para-hydroxylation sites is 1. The van der Waals surface area contributed by atoms with Crippen LogP contribution >= 0.6 is 0 Å². The molecule has 1 aliphatic heterocycles. The molecule has 0 amide bonds. The lowest BCUT2D eigenvalue weighted by molar-refractivity contribution is 0.402. The molecule has 9 heteroatoms. The molecular formula is C19H27N5O3S. The first kappa shape index (κ1) is 20.3. The van der Waals surface area contributed by atoms with Crippen LogP contribution in [-0.2, 0) is 10.0 Å². The number of aryl methyl sites for hydroxylation is 1. The highest BCUT2D eigenvalue weighted by molar-refractivity contribution is 7.89. The molecule has 0 aliphatic carbocycles. The molecule has 0 bridgehead atoms. The average Bonchev–Trinajstić information content (AvgIpc) is 2.71. The Balaban J connectivity index is 1.58. The third kappa shape index (κ3) is 5.11. The second-order valence-corrected chi connectivity index (χ2v) is 8.45. The van der Waals surface area contributed by atoms with Crippen molar-refractivity contribution in [3.63, 3.8) is 0 Å². The van der Waals surface area contributed by atoms with Crippen LogP contribution in [-0.4, -0.2) is 51.7 Å². The number of sulfonamides is 1.